The summed E-state index contributed by atoms with van der Waals surface area (Å²) in [7, 11) is 0. The molecule has 146 valence electrons. The maximum absolute atomic E-state index is 13.6. The van der Waals surface area contributed by atoms with Gasteiger partial charge in [0.05, 0.1) is 23.5 Å². The van der Waals surface area contributed by atoms with Crippen molar-refractivity contribution in [3.8, 4) is 0 Å². The highest BCUT2D eigenvalue weighted by atomic mass is 32.2. The van der Waals surface area contributed by atoms with Gasteiger partial charge in [0.25, 0.3) is 5.91 Å². The van der Waals surface area contributed by atoms with Gasteiger partial charge in [-0.3, -0.25) is 14.4 Å². The molecule has 0 spiro atoms. The first-order chi connectivity index (χ1) is 13.5. The number of nitrogens with zero attached hydrogens (tertiary/aromatic N) is 1. The van der Waals surface area contributed by atoms with E-state index in [2.05, 4.69) is 5.32 Å². The molecule has 1 aliphatic rings. The van der Waals surface area contributed by atoms with Crippen molar-refractivity contribution in [2.24, 2.45) is 0 Å². The highest BCUT2D eigenvalue weighted by molar-refractivity contribution is 8.00. The molecule has 1 atom stereocenters. The van der Waals surface area contributed by atoms with Gasteiger partial charge in [-0.05, 0) is 31.2 Å². The summed E-state index contributed by atoms with van der Waals surface area (Å²) in [6.07, 6.45) is -1.14. The summed E-state index contributed by atoms with van der Waals surface area (Å²) in [6.45, 7) is 1.57. The molecule has 2 aromatic carbocycles. The number of ether oxygens (including phenoxy) is 1. The number of hydrogen-bond acceptors (Lipinski definition) is 5. The normalized spacial score (nSPS) is 14.2. The third-order valence-electron chi connectivity index (χ3n) is 4.16. The number of fused-ring (bicyclic) bond motifs is 1. The van der Waals surface area contributed by atoms with Crippen LogP contribution in [0.1, 0.15) is 13.3 Å². The van der Waals surface area contributed by atoms with E-state index in [1.807, 2.05) is 24.3 Å². The minimum Gasteiger partial charge on any atom is -0.452 e. The van der Waals surface area contributed by atoms with E-state index >= 15 is 0 Å². The number of carbonyl (C=O) groups excluding carboxylic acids is 3. The van der Waals surface area contributed by atoms with E-state index in [0.29, 0.717) is 5.75 Å². The predicted molar refractivity (Wildman–Crippen MR) is 105 cm³/mol. The van der Waals surface area contributed by atoms with Crippen molar-refractivity contribution in [1.29, 1.82) is 0 Å². The van der Waals surface area contributed by atoms with E-state index in [1.165, 1.54) is 36.9 Å². The van der Waals surface area contributed by atoms with Gasteiger partial charge >= 0.3 is 5.97 Å². The van der Waals surface area contributed by atoms with Crippen molar-refractivity contribution >= 4 is 40.9 Å². The molecule has 0 unspecified atom stereocenters. The molecule has 0 fully saturated rings. The maximum atomic E-state index is 13.6. The van der Waals surface area contributed by atoms with Crippen molar-refractivity contribution in [2.75, 3.05) is 22.5 Å². The first-order valence-corrected chi connectivity index (χ1v) is 9.71. The van der Waals surface area contributed by atoms with Crippen LogP contribution >= 0.6 is 11.8 Å². The van der Waals surface area contributed by atoms with Crippen LogP contribution in [0.2, 0.25) is 0 Å². The molecule has 6 nitrogen and oxygen atoms in total. The third kappa shape index (κ3) is 4.69. The maximum Gasteiger partial charge on any atom is 0.308 e. The van der Waals surface area contributed by atoms with Gasteiger partial charge in [-0.25, -0.2) is 4.39 Å². The van der Waals surface area contributed by atoms with Gasteiger partial charge in [0, 0.05) is 11.4 Å². The Balaban J connectivity index is 1.53. The lowest BCUT2D eigenvalue weighted by Gasteiger charge is -2.28. The number of hydrogen-bond donors (Lipinski definition) is 1. The Morgan fingerprint density at radius 2 is 1.93 bits per heavy atom. The lowest BCUT2D eigenvalue weighted by Crippen LogP contribution is -2.38. The quantitative estimate of drug-likeness (QED) is 0.751. The highest BCUT2D eigenvalue weighted by Gasteiger charge is 2.26. The van der Waals surface area contributed by atoms with Crippen LogP contribution in [0, 0.1) is 5.82 Å². The second-order valence-electron chi connectivity index (χ2n) is 6.15. The van der Waals surface area contributed by atoms with Crippen molar-refractivity contribution < 1.29 is 23.5 Å². The molecule has 1 heterocycles. The number of thioether (sulfide) groups is 1. The second kappa shape index (κ2) is 8.88. The van der Waals surface area contributed by atoms with Crippen LogP contribution in [-0.4, -0.2) is 36.2 Å². The zero-order chi connectivity index (χ0) is 20.1. The predicted octanol–water partition coefficient (Wildman–Crippen LogP) is 3.22. The Labute approximate surface area is 166 Å². The number of nitrogens with one attached hydrogen (secondary N) is 1. The van der Waals surface area contributed by atoms with Gasteiger partial charge in [-0.15, -0.1) is 11.8 Å². The number of halogens is 1. The van der Waals surface area contributed by atoms with Crippen molar-refractivity contribution in [1.82, 2.24) is 0 Å². The molecule has 0 aliphatic carbocycles. The fourth-order valence-corrected chi connectivity index (χ4v) is 3.64. The lowest BCUT2D eigenvalue weighted by molar-refractivity contribution is -0.152. The molecule has 28 heavy (non-hydrogen) atoms. The summed E-state index contributed by atoms with van der Waals surface area (Å²) in [5.74, 6) is -1.58. The summed E-state index contributed by atoms with van der Waals surface area (Å²) in [6, 6.07) is 13.2. The van der Waals surface area contributed by atoms with Crippen molar-refractivity contribution in [2.45, 2.75) is 24.3 Å². The summed E-state index contributed by atoms with van der Waals surface area (Å²) in [5, 5.41) is 2.38. The molecule has 3 rings (SSSR count). The minimum absolute atomic E-state index is 0.0171. The highest BCUT2D eigenvalue weighted by Crippen LogP contribution is 2.34. The average molecular weight is 402 g/mol. The molecule has 0 saturated carbocycles. The SMILES string of the molecule is C[C@H](OC(=O)CCN1C(=O)CSc2ccccc21)C(=O)Nc1ccccc1F. The van der Waals surface area contributed by atoms with Crippen LogP contribution in [0.5, 0.6) is 0 Å². The number of para-hydroxylation sites is 2. The van der Waals surface area contributed by atoms with E-state index in [1.54, 1.807) is 11.0 Å². The first kappa shape index (κ1) is 19.9. The molecular weight excluding hydrogens is 383 g/mol. The van der Waals surface area contributed by atoms with Gasteiger partial charge in [0.15, 0.2) is 6.10 Å². The van der Waals surface area contributed by atoms with Crippen LogP contribution in [0.4, 0.5) is 15.8 Å². The largest absolute Gasteiger partial charge is 0.452 e. The van der Waals surface area contributed by atoms with Gasteiger partial charge < -0.3 is 15.0 Å². The Morgan fingerprint density at radius 1 is 1.21 bits per heavy atom. The standard InChI is InChI=1S/C20H19FN2O4S/c1-13(20(26)22-15-7-3-2-6-14(15)21)27-19(25)10-11-23-16-8-4-5-9-17(16)28-12-18(23)24/h2-9,13H,10-12H2,1H3,(H,22,26)/t13-/m0/s1. The first-order valence-electron chi connectivity index (χ1n) is 8.73. The Bertz CT molecular complexity index is 905. The van der Waals surface area contributed by atoms with Crippen LogP contribution in [-0.2, 0) is 19.1 Å². The minimum atomic E-state index is -1.09. The molecule has 8 heteroatoms. The number of carbonyl (C=O) groups is 3. The van der Waals surface area contributed by atoms with Crippen LogP contribution in [0.25, 0.3) is 0 Å². The number of amides is 2. The van der Waals surface area contributed by atoms with E-state index < -0.39 is 23.8 Å². The van der Waals surface area contributed by atoms with Crippen molar-refractivity contribution in [3.05, 3.63) is 54.3 Å². The zero-order valence-electron chi connectivity index (χ0n) is 15.2. The van der Waals surface area contributed by atoms with Crippen LogP contribution < -0.4 is 10.2 Å². The summed E-state index contributed by atoms with van der Waals surface area (Å²) in [4.78, 5) is 38.9. The Hall–Kier alpha value is -2.87. The summed E-state index contributed by atoms with van der Waals surface area (Å²) < 4.78 is 18.7. The topological polar surface area (TPSA) is 75.7 Å². The van der Waals surface area contributed by atoms with E-state index in [9.17, 15) is 18.8 Å². The van der Waals surface area contributed by atoms with E-state index in [4.69, 9.17) is 4.74 Å². The smallest absolute Gasteiger partial charge is 0.308 e. The fourth-order valence-electron chi connectivity index (χ4n) is 2.71. The third-order valence-corrected chi connectivity index (χ3v) is 5.20. The van der Waals surface area contributed by atoms with Crippen molar-refractivity contribution in [3.63, 3.8) is 0 Å². The molecule has 0 radical (unpaired) electrons. The van der Waals surface area contributed by atoms with Gasteiger partial charge in [0.1, 0.15) is 5.82 Å². The number of anilines is 2. The molecule has 0 aromatic heterocycles. The van der Waals surface area contributed by atoms with Gasteiger partial charge in [-0.1, -0.05) is 24.3 Å². The number of esters is 1. The van der Waals surface area contributed by atoms with Gasteiger partial charge in [-0.2, -0.15) is 0 Å². The molecular formula is C20H19FN2O4S. The monoisotopic (exact) mass is 402 g/mol. The van der Waals surface area contributed by atoms with E-state index in [-0.39, 0.29) is 24.6 Å². The molecule has 0 bridgehead atoms. The molecule has 0 saturated heterocycles. The molecule has 1 N–H and O–H groups in total. The van der Waals surface area contributed by atoms with E-state index in [0.717, 1.165) is 10.6 Å². The Morgan fingerprint density at radius 3 is 2.71 bits per heavy atom. The molecule has 1 aliphatic heterocycles. The number of benzene rings is 2. The molecule has 2 amide bonds. The summed E-state index contributed by atoms with van der Waals surface area (Å²) in [5.41, 5.74) is 0.783. The lowest BCUT2D eigenvalue weighted by atomic mass is 10.2. The van der Waals surface area contributed by atoms with Crippen LogP contribution in [0.3, 0.4) is 0 Å². The molecule has 2 aromatic rings. The Kier molecular flexibility index (Phi) is 6.30. The second-order valence-corrected chi connectivity index (χ2v) is 7.17. The number of rotatable bonds is 6. The van der Waals surface area contributed by atoms with Gasteiger partial charge in [0.2, 0.25) is 5.91 Å². The average Bonchev–Trinajstić information content (AvgIpc) is 2.69. The summed E-state index contributed by atoms with van der Waals surface area (Å²) >= 11 is 1.46. The van der Waals surface area contributed by atoms with Crippen LogP contribution in [0.15, 0.2) is 53.4 Å². The zero-order valence-corrected chi connectivity index (χ0v) is 16.0. The fraction of sp³-hybridized carbons (Fsp3) is 0.250.